The van der Waals surface area contributed by atoms with Gasteiger partial charge in [-0.3, -0.25) is 0 Å². The van der Waals surface area contributed by atoms with Crippen LogP contribution in [0.4, 0.5) is 0 Å². The monoisotopic (exact) mass is 204 g/mol. The molecular weight excluding hydrogens is 180 g/mol. The Bertz CT molecular complexity index is 336. The molecule has 3 rings (SSSR count). The van der Waals surface area contributed by atoms with Gasteiger partial charge in [0.25, 0.3) is 0 Å². The topological polar surface area (TPSA) is 0 Å². The summed E-state index contributed by atoms with van der Waals surface area (Å²) in [5.74, 6) is 0.980. The molecule has 0 saturated heterocycles. The van der Waals surface area contributed by atoms with E-state index in [1.54, 1.807) is 5.57 Å². The molecule has 3 aliphatic carbocycles. The normalized spacial score (nSPS) is 51.5. The molecular formula is C15H24. The van der Waals surface area contributed by atoms with Crippen LogP contribution < -0.4 is 0 Å². The Morgan fingerprint density at radius 3 is 2.53 bits per heavy atom. The Hall–Kier alpha value is -0.260. The summed E-state index contributed by atoms with van der Waals surface area (Å²) in [6.07, 6.45) is 9.71. The molecule has 0 aromatic rings. The van der Waals surface area contributed by atoms with Gasteiger partial charge in [-0.05, 0) is 61.2 Å². The second-order valence-electron chi connectivity index (χ2n) is 7.18. The van der Waals surface area contributed by atoms with Crippen molar-refractivity contribution in [2.24, 2.45) is 22.2 Å². The number of hydrogen-bond acceptors (Lipinski definition) is 0. The lowest BCUT2D eigenvalue weighted by molar-refractivity contribution is 0.114. The Morgan fingerprint density at radius 2 is 1.93 bits per heavy atom. The van der Waals surface area contributed by atoms with Crippen molar-refractivity contribution in [2.45, 2.75) is 59.8 Å². The van der Waals surface area contributed by atoms with Crippen LogP contribution in [0.1, 0.15) is 59.8 Å². The molecule has 0 aromatic heterocycles. The van der Waals surface area contributed by atoms with Gasteiger partial charge < -0.3 is 0 Å². The molecule has 2 saturated carbocycles. The van der Waals surface area contributed by atoms with Crippen molar-refractivity contribution in [1.29, 1.82) is 0 Å². The van der Waals surface area contributed by atoms with Crippen LogP contribution in [-0.4, -0.2) is 0 Å². The Balaban J connectivity index is 2.17. The van der Waals surface area contributed by atoms with E-state index in [4.69, 9.17) is 0 Å². The molecule has 0 spiro atoms. The summed E-state index contributed by atoms with van der Waals surface area (Å²) in [5, 5.41) is 0. The van der Waals surface area contributed by atoms with E-state index < -0.39 is 0 Å². The predicted octanol–water partition coefficient (Wildman–Crippen LogP) is 4.56. The second kappa shape index (κ2) is 2.52. The molecule has 3 aliphatic rings. The highest BCUT2D eigenvalue weighted by Crippen LogP contribution is 2.76. The molecule has 0 N–H and O–H groups in total. The minimum absolute atomic E-state index is 0.590. The summed E-state index contributed by atoms with van der Waals surface area (Å²) in [6.45, 7) is 10.0. The Kier molecular flexibility index (Phi) is 1.67. The van der Waals surface area contributed by atoms with Crippen LogP contribution in [0, 0.1) is 22.2 Å². The fraction of sp³-hybridized carbons (Fsp3) is 0.867. The predicted molar refractivity (Wildman–Crippen MR) is 64.7 cm³/mol. The van der Waals surface area contributed by atoms with Crippen molar-refractivity contribution in [2.75, 3.05) is 0 Å². The molecule has 2 unspecified atom stereocenters. The molecule has 0 heterocycles. The lowest BCUT2D eigenvalue weighted by Gasteiger charge is -2.45. The minimum atomic E-state index is 0.590. The van der Waals surface area contributed by atoms with Gasteiger partial charge >= 0.3 is 0 Å². The summed E-state index contributed by atoms with van der Waals surface area (Å²) in [6, 6.07) is 0. The van der Waals surface area contributed by atoms with Crippen molar-refractivity contribution in [1.82, 2.24) is 0 Å². The zero-order valence-corrected chi connectivity index (χ0v) is 10.7. The smallest absolute Gasteiger partial charge is 0.00289 e. The molecule has 0 aliphatic heterocycles. The van der Waals surface area contributed by atoms with Crippen LogP contribution in [0.3, 0.4) is 0 Å². The fourth-order valence-electron chi connectivity index (χ4n) is 5.76. The van der Waals surface area contributed by atoms with Gasteiger partial charge in [-0.15, -0.1) is 0 Å². The fourth-order valence-corrected chi connectivity index (χ4v) is 5.76. The van der Waals surface area contributed by atoms with Gasteiger partial charge in [-0.25, -0.2) is 0 Å². The maximum absolute atomic E-state index is 2.59. The third-order valence-electron chi connectivity index (χ3n) is 6.29. The summed E-state index contributed by atoms with van der Waals surface area (Å²) >= 11 is 0. The van der Waals surface area contributed by atoms with Crippen LogP contribution in [0.25, 0.3) is 0 Å². The first-order valence-electron chi connectivity index (χ1n) is 6.60. The van der Waals surface area contributed by atoms with Gasteiger partial charge in [0.1, 0.15) is 0 Å². The first-order valence-corrected chi connectivity index (χ1v) is 6.60. The summed E-state index contributed by atoms with van der Waals surface area (Å²) in [5.41, 5.74) is 3.55. The molecule has 0 radical (unpaired) electrons. The maximum atomic E-state index is 2.59. The minimum Gasteiger partial charge on any atom is -0.0850 e. The van der Waals surface area contributed by atoms with E-state index in [1.165, 1.54) is 32.1 Å². The van der Waals surface area contributed by atoms with Gasteiger partial charge in [-0.1, -0.05) is 32.4 Å². The number of hydrogen-bond donors (Lipinski definition) is 0. The Labute approximate surface area is 94.1 Å². The van der Waals surface area contributed by atoms with E-state index in [1.807, 2.05) is 0 Å². The van der Waals surface area contributed by atoms with Crippen molar-refractivity contribution in [3.05, 3.63) is 11.6 Å². The summed E-state index contributed by atoms with van der Waals surface area (Å²) in [7, 11) is 0. The lowest BCUT2D eigenvalue weighted by Crippen LogP contribution is -2.36. The van der Waals surface area contributed by atoms with Gasteiger partial charge in [0.05, 0.1) is 0 Å². The van der Waals surface area contributed by atoms with Crippen LogP contribution in [0.2, 0.25) is 0 Å². The van der Waals surface area contributed by atoms with Crippen LogP contribution in [0.5, 0.6) is 0 Å². The zero-order chi connectivity index (χ0) is 10.9. The third-order valence-corrected chi connectivity index (χ3v) is 6.29. The number of rotatable bonds is 0. The molecule has 0 heteroatoms. The van der Waals surface area contributed by atoms with Gasteiger partial charge in [0, 0.05) is 0 Å². The highest BCUT2D eigenvalue weighted by Gasteiger charge is 2.68. The molecule has 15 heavy (non-hydrogen) atoms. The van der Waals surface area contributed by atoms with E-state index in [-0.39, 0.29) is 0 Å². The van der Waals surface area contributed by atoms with Crippen molar-refractivity contribution < 1.29 is 0 Å². The highest BCUT2D eigenvalue weighted by molar-refractivity contribution is 5.31. The van der Waals surface area contributed by atoms with E-state index in [0.717, 1.165) is 5.92 Å². The second-order valence-corrected chi connectivity index (χ2v) is 7.18. The average molecular weight is 204 g/mol. The Morgan fingerprint density at radius 1 is 1.20 bits per heavy atom. The molecule has 84 valence electrons. The largest absolute Gasteiger partial charge is 0.0850 e. The standard InChI is InChI=1S/C15H24/c1-11-6-5-8-14(4)12-7-9-15(11,14)10-13(12,2)3/h6,12H,5,7-10H2,1-4H3/t12?,14-,15?/m0/s1. The van der Waals surface area contributed by atoms with Crippen LogP contribution >= 0.6 is 0 Å². The van der Waals surface area contributed by atoms with E-state index in [2.05, 4.69) is 33.8 Å². The molecule has 0 aromatic carbocycles. The van der Waals surface area contributed by atoms with Gasteiger partial charge in [0.2, 0.25) is 0 Å². The van der Waals surface area contributed by atoms with Gasteiger partial charge in [0.15, 0.2) is 0 Å². The van der Waals surface area contributed by atoms with Crippen molar-refractivity contribution >= 4 is 0 Å². The summed E-state index contributed by atoms with van der Waals surface area (Å²) in [4.78, 5) is 0. The molecule has 2 bridgehead atoms. The summed E-state index contributed by atoms with van der Waals surface area (Å²) < 4.78 is 0. The quantitative estimate of drug-likeness (QED) is 0.507. The maximum Gasteiger partial charge on any atom is -0.00289 e. The van der Waals surface area contributed by atoms with Gasteiger partial charge in [-0.2, -0.15) is 0 Å². The van der Waals surface area contributed by atoms with E-state index in [9.17, 15) is 0 Å². The van der Waals surface area contributed by atoms with Crippen molar-refractivity contribution in [3.63, 3.8) is 0 Å². The first-order chi connectivity index (χ1) is 6.92. The van der Waals surface area contributed by atoms with Crippen LogP contribution in [0.15, 0.2) is 11.6 Å². The number of allylic oxidation sites excluding steroid dienone is 2. The SMILES string of the molecule is CC1=CCC[C@@]2(C)C3CCC12CC3(C)C. The first kappa shape index (κ1) is 9.93. The lowest BCUT2D eigenvalue weighted by atomic mass is 9.59. The average Bonchev–Trinajstić information content (AvgIpc) is 2.50. The third kappa shape index (κ3) is 0.905. The van der Waals surface area contributed by atoms with E-state index in [0.29, 0.717) is 16.2 Å². The highest BCUT2D eigenvalue weighted by atomic mass is 14.7. The molecule has 0 amide bonds. The van der Waals surface area contributed by atoms with Crippen molar-refractivity contribution in [3.8, 4) is 0 Å². The van der Waals surface area contributed by atoms with Crippen LogP contribution in [-0.2, 0) is 0 Å². The molecule has 2 fully saturated rings. The molecule has 0 nitrogen and oxygen atoms in total. The van der Waals surface area contributed by atoms with E-state index >= 15 is 0 Å². The zero-order valence-electron chi connectivity index (χ0n) is 10.7. The molecule has 3 atom stereocenters.